The average Bonchev–Trinajstić information content (AvgIpc) is 2.30. The van der Waals surface area contributed by atoms with Crippen molar-refractivity contribution in [2.24, 2.45) is 0 Å². The summed E-state index contributed by atoms with van der Waals surface area (Å²) in [4.78, 5) is 0. The second-order valence-corrected chi connectivity index (χ2v) is 7.10. The summed E-state index contributed by atoms with van der Waals surface area (Å²) >= 11 is 3.40. The monoisotopic (exact) mass is 334 g/mol. The molecular weight excluding hydrogens is 315 g/mol. The summed E-state index contributed by atoms with van der Waals surface area (Å²) in [5, 5.41) is 0. The smallest absolute Gasteiger partial charge is 0.309 e. The first-order valence-electron chi connectivity index (χ1n) is 6.14. The van der Waals surface area contributed by atoms with Crippen molar-refractivity contribution in [1.29, 1.82) is 0 Å². The van der Waals surface area contributed by atoms with E-state index < -0.39 is 7.60 Å². The van der Waals surface area contributed by atoms with E-state index in [-0.39, 0.29) is 5.92 Å². The van der Waals surface area contributed by atoms with Crippen LogP contribution in [0.2, 0.25) is 0 Å². The summed E-state index contributed by atoms with van der Waals surface area (Å²) in [5.74, 6) is 0.141. The summed E-state index contributed by atoms with van der Waals surface area (Å²) in [5.41, 5.74) is 1.14. The molecule has 1 aromatic rings. The van der Waals surface area contributed by atoms with Gasteiger partial charge in [0.1, 0.15) is 0 Å². The highest BCUT2D eigenvalue weighted by Gasteiger charge is 2.27. The Labute approximate surface area is 118 Å². The van der Waals surface area contributed by atoms with Crippen molar-refractivity contribution in [3.63, 3.8) is 0 Å². The van der Waals surface area contributed by atoms with Crippen molar-refractivity contribution in [3.8, 4) is 0 Å². The van der Waals surface area contributed by atoms with Crippen LogP contribution >= 0.6 is 23.5 Å². The molecule has 3 nitrogen and oxygen atoms in total. The van der Waals surface area contributed by atoms with E-state index >= 15 is 0 Å². The highest BCUT2D eigenvalue weighted by Crippen LogP contribution is 2.51. The molecule has 1 atom stereocenters. The van der Waals surface area contributed by atoms with E-state index in [1.165, 1.54) is 0 Å². The molecule has 18 heavy (non-hydrogen) atoms. The van der Waals surface area contributed by atoms with Gasteiger partial charge in [-0.15, -0.1) is 0 Å². The van der Waals surface area contributed by atoms with Gasteiger partial charge >= 0.3 is 7.60 Å². The van der Waals surface area contributed by atoms with Gasteiger partial charge in [-0.25, -0.2) is 0 Å². The molecule has 0 amide bonds. The van der Waals surface area contributed by atoms with Crippen molar-refractivity contribution in [2.45, 2.75) is 26.7 Å². The van der Waals surface area contributed by atoms with Gasteiger partial charge in [-0.05, 0) is 37.5 Å². The summed E-state index contributed by atoms with van der Waals surface area (Å²) in [6.45, 7) is 6.51. The molecule has 0 spiro atoms. The van der Waals surface area contributed by atoms with Gasteiger partial charge in [-0.1, -0.05) is 35.0 Å². The lowest BCUT2D eigenvalue weighted by atomic mass is 10.0. The fraction of sp³-hybridized carbons (Fsp3) is 0.538. The van der Waals surface area contributed by atoms with Crippen LogP contribution in [0.25, 0.3) is 0 Å². The highest BCUT2D eigenvalue weighted by atomic mass is 79.9. The van der Waals surface area contributed by atoms with Crippen LogP contribution in [-0.4, -0.2) is 19.4 Å². The fourth-order valence-electron chi connectivity index (χ4n) is 1.77. The fourth-order valence-corrected chi connectivity index (χ4v) is 3.99. The van der Waals surface area contributed by atoms with E-state index in [9.17, 15) is 4.57 Å². The first-order chi connectivity index (χ1) is 8.50. The Morgan fingerprint density at radius 1 is 1.17 bits per heavy atom. The van der Waals surface area contributed by atoms with Crippen LogP contribution in [0.1, 0.15) is 32.3 Å². The maximum atomic E-state index is 12.4. The molecule has 0 aromatic heterocycles. The Bertz CT molecular complexity index is 395. The summed E-state index contributed by atoms with van der Waals surface area (Å²) in [6.07, 6.45) is 0.413. The van der Waals surface area contributed by atoms with Gasteiger partial charge in [0.2, 0.25) is 0 Å². The zero-order chi connectivity index (χ0) is 13.6. The van der Waals surface area contributed by atoms with E-state index in [1.54, 1.807) is 0 Å². The van der Waals surface area contributed by atoms with E-state index in [1.807, 2.05) is 45.0 Å². The van der Waals surface area contributed by atoms with Crippen molar-refractivity contribution in [3.05, 3.63) is 34.3 Å². The van der Waals surface area contributed by atoms with Gasteiger partial charge in [0, 0.05) is 4.47 Å². The molecule has 0 aliphatic carbocycles. The summed E-state index contributed by atoms with van der Waals surface area (Å²) in [6, 6.07) is 8.02. The van der Waals surface area contributed by atoms with Gasteiger partial charge in [0.25, 0.3) is 0 Å². The molecule has 0 N–H and O–H groups in total. The Morgan fingerprint density at radius 3 is 2.11 bits per heavy atom. The molecule has 0 bridgehead atoms. The molecule has 5 heteroatoms. The maximum absolute atomic E-state index is 12.4. The number of halogens is 1. The largest absolute Gasteiger partial charge is 0.331 e. The first kappa shape index (κ1) is 15.9. The Balaban J connectivity index is 2.74. The lowest BCUT2D eigenvalue weighted by Gasteiger charge is -2.21. The zero-order valence-corrected chi connectivity index (χ0v) is 13.5. The SMILES string of the molecule is CCOP(=O)(C[C@@H](C)c1ccc(Br)cc1)OCC. The highest BCUT2D eigenvalue weighted by molar-refractivity contribution is 9.10. The standard InChI is InChI=1S/C13H20BrO3P/c1-4-16-18(15,17-5-2)10-11(3)12-6-8-13(14)9-7-12/h6-9,11H,4-5,10H2,1-3H3/t11-/m1/s1. The number of hydrogen-bond donors (Lipinski definition) is 0. The molecular formula is C13H20BrO3P. The van der Waals surface area contributed by atoms with Crippen molar-refractivity contribution < 1.29 is 13.6 Å². The number of benzene rings is 1. The Morgan fingerprint density at radius 2 is 1.67 bits per heavy atom. The minimum atomic E-state index is -2.96. The van der Waals surface area contributed by atoms with E-state index in [0.717, 1.165) is 10.0 Å². The Kier molecular flexibility index (Phi) is 6.58. The maximum Gasteiger partial charge on any atom is 0.331 e. The van der Waals surface area contributed by atoms with Crippen molar-refractivity contribution in [1.82, 2.24) is 0 Å². The second-order valence-electron chi connectivity index (χ2n) is 4.08. The minimum Gasteiger partial charge on any atom is -0.309 e. The molecule has 1 rings (SSSR count). The van der Waals surface area contributed by atoms with Gasteiger partial charge in [-0.3, -0.25) is 4.57 Å². The average molecular weight is 335 g/mol. The molecule has 0 heterocycles. The Hall–Kier alpha value is -0.150. The number of rotatable bonds is 7. The second kappa shape index (κ2) is 7.44. The van der Waals surface area contributed by atoms with Crippen molar-refractivity contribution in [2.75, 3.05) is 19.4 Å². The lowest BCUT2D eigenvalue weighted by Crippen LogP contribution is -2.06. The molecule has 0 aliphatic rings. The van der Waals surface area contributed by atoms with Gasteiger partial charge in [0.05, 0.1) is 19.4 Å². The molecule has 102 valence electrons. The summed E-state index contributed by atoms with van der Waals surface area (Å²) in [7, 11) is -2.96. The summed E-state index contributed by atoms with van der Waals surface area (Å²) < 4.78 is 24.1. The normalized spacial score (nSPS) is 13.6. The molecule has 0 radical (unpaired) electrons. The lowest BCUT2D eigenvalue weighted by molar-refractivity contribution is 0.219. The van der Waals surface area contributed by atoms with Gasteiger partial charge < -0.3 is 9.05 Å². The zero-order valence-electron chi connectivity index (χ0n) is 11.1. The number of hydrogen-bond acceptors (Lipinski definition) is 3. The third-order valence-electron chi connectivity index (χ3n) is 2.59. The van der Waals surface area contributed by atoms with Gasteiger partial charge in [-0.2, -0.15) is 0 Å². The molecule has 1 aromatic carbocycles. The van der Waals surface area contributed by atoms with Crippen LogP contribution in [0.3, 0.4) is 0 Å². The molecule has 0 saturated carbocycles. The molecule has 0 fully saturated rings. The van der Waals surface area contributed by atoms with Crippen molar-refractivity contribution >= 4 is 23.5 Å². The first-order valence-corrected chi connectivity index (χ1v) is 8.66. The molecule has 0 aliphatic heterocycles. The van der Waals surface area contributed by atoms with Crippen LogP contribution in [0.4, 0.5) is 0 Å². The van der Waals surface area contributed by atoms with Crippen LogP contribution in [0.5, 0.6) is 0 Å². The van der Waals surface area contributed by atoms with Gasteiger partial charge in [0.15, 0.2) is 0 Å². The van der Waals surface area contributed by atoms with E-state index in [2.05, 4.69) is 15.9 Å². The van der Waals surface area contributed by atoms with Crippen LogP contribution in [-0.2, 0) is 13.6 Å². The third kappa shape index (κ3) is 4.85. The van der Waals surface area contributed by atoms with Crippen LogP contribution in [0, 0.1) is 0 Å². The predicted octanol–water partition coefficient (Wildman–Crippen LogP) is 4.82. The van der Waals surface area contributed by atoms with Crippen LogP contribution in [0.15, 0.2) is 28.7 Å². The predicted molar refractivity (Wildman–Crippen MR) is 78.3 cm³/mol. The molecule has 0 unspecified atom stereocenters. The van der Waals surface area contributed by atoms with E-state index in [4.69, 9.17) is 9.05 Å². The van der Waals surface area contributed by atoms with Crippen LogP contribution < -0.4 is 0 Å². The molecule has 0 saturated heterocycles. The topological polar surface area (TPSA) is 35.5 Å². The third-order valence-corrected chi connectivity index (χ3v) is 5.41. The quantitative estimate of drug-likeness (QED) is 0.670. The van der Waals surface area contributed by atoms with E-state index in [0.29, 0.717) is 19.4 Å². The minimum absolute atomic E-state index is 0.141.